The minimum atomic E-state index is -3.88. The third-order valence-corrected chi connectivity index (χ3v) is 7.20. The number of sulfonamides is 1. The van der Waals surface area contributed by atoms with Crippen molar-refractivity contribution in [2.75, 3.05) is 38.7 Å². The van der Waals surface area contributed by atoms with Crippen LogP contribution < -0.4 is 15.6 Å². The number of carbonyl (C=O) groups excluding carboxylic acids is 1. The maximum absolute atomic E-state index is 13.2. The molecule has 2 aromatic carbocycles. The monoisotopic (exact) mass is 484 g/mol. The van der Waals surface area contributed by atoms with Crippen molar-refractivity contribution in [2.45, 2.75) is 11.8 Å². The number of aromatic nitrogens is 2. The predicted octanol–water partition coefficient (Wildman–Crippen LogP) is 2.03. The Kier molecular flexibility index (Phi) is 6.77. The second kappa shape index (κ2) is 9.75. The molecule has 0 saturated carbocycles. The third-order valence-electron chi connectivity index (χ3n) is 5.28. The quantitative estimate of drug-likeness (QED) is 0.547. The largest absolute Gasteiger partial charge is 0.495 e. The molecule has 0 radical (unpaired) electrons. The van der Waals surface area contributed by atoms with Gasteiger partial charge < -0.3 is 19.8 Å². The Labute approximate surface area is 196 Å². The van der Waals surface area contributed by atoms with Crippen molar-refractivity contribution in [3.63, 3.8) is 0 Å². The molecule has 3 aromatic rings. The number of aryl methyl sites for hydroxylation is 1. The molecule has 0 unspecified atom stereocenters. The smallest absolute Gasteiger partial charge is 0.255 e. The van der Waals surface area contributed by atoms with E-state index in [1.54, 1.807) is 31.2 Å². The van der Waals surface area contributed by atoms with Gasteiger partial charge in [-0.25, -0.2) is 13.4 Å². The zero-order chi connectivity index (χ0) is 24.3. The minimum absolute atomic E-state index is 0.0835. The van der Waals surface area contributed by atoms with E-state index in [0.29, 0.717) is 36.0 Å². The average molecular weight is 485 g/mol. The average Bonchev–Trinajstić information content (AvgIpc) is 2.83. The molecule has 1 fully saturated rings. The van der Waals surface area contributed by atoms with Gasteiger partial charge in [0, 0.05) is 41.7 Å². The van der Waals surface area contributed by atoms with Gasteiger partial charge in [0.05, 0.1) is 20.3 Å². The van der Waals surface area contributed by atoms with Crippen molar-refractivity contribution >= 4 is 21.6 Å². The van der Waals surface area contributed by atoms with E-state index >= 15 is 0 Å². The molecule has 1 aliphatic heterocycles. The first-order chi connectivity index (χ1) is 16.3. The van der Waals surface area contributed by atoms with Gasteiger partial charge in [0.25, 0.3) is 11.5 Å². The Hall–Kier alpha value is -3.54. The lowest BCUT2D eigenvalue weighted by atomic mass is 10.1. The highest BCUT2D eigenvalue weighted by atomic mass is 32.2. The normalized spacial score (nSPS) is 14.5. The van der Waals surface area contributed by atoms with Gasteiger partial charge in [0.1, 0.15) is 16.5 Å². The fraction of sp³-hybridized carbons (Fsp3) is 0.261. The fourth-order valence-corrected chi connectivity index (χ4v) is 5.20. The highest BCUT2D eigenvalue weighted by molar-refractivity contribution is 7.89. The number of benzene rings is 2. The number of amides is 1. The maximum atomic E-state index is 13.2. The van der Waals surface area contributed by atoms with Gasteiger partial charge in [-0.2, -0.15) is 4.31 Å². The minimum Gasteiger partial charge on any atom is -0.495 e. The first-order valence-corrected chi connectivity index (χ1v) is 12.0. The van der Waals surface area contributed by atoms with Crippen LogP contribution >= 0.6 is 0 Å². The van der Waals surface area contributed by atoms with Gasteiger partial charge in [-0.05, 0) is 37.3 Å². The number of carbonyl (C=O) groups is 1. The number of nitrogens with one attached hydrogen (secondary N) is 2. The van der Waals surface area contributed by atoms with Crippen LogP contribution in [0.25, 0.3) is 11.4 Å². The molecule has 0 atom stereocenters. The van der Waals surface area contributed by atoms with E-state index in [2.05, 4.69) is 15.3 Å². The Morgan fingerprint density at radius 1 is 1.15 bits per heavy atom. The number of H-pyrrole nitrogens is 1. The van der Waals surface area contributed by atoms with Crippen LogP contribution in [0.15, 0.2) is 58.2 Å². The van der Waals surface area contributed by atoms with Crippen LogP contribution in [0.3, 0.4) is 0 Å². The van der Waals surface area contributed by atoms with Crippen LogP contribution in [0, 0.1) is 6.92 Å². The summed E-state index contributed by atoms with van der Waals surface area (Å²) in [5.41, 5.74) is 1.52. The second-order valence-corrected chi connectivity index (χ2v) is 9.56. The SMILES string of the molecule is COc1ccc(C(=O)Nc2cccc(-c3nc(C)cc(=O)[nH]3)c2)cc1S(=O)(=O)N1CCOCC1. The maximum Gasteiger partial charge on any atom is 0.255 e. The van der Waals surface area contributed by atoms with E-state index in [4.69, 9.17) is 9.47 Å². The number of aromatic amines is 1. The molecule has 2 heterocycles. The van der Waals surface area contributed by atoms with Crippen LogP contribution in [-0.2, 0) is 14.8 Å². The highest BCUT2D eigenvalue weighted by Gasteiger charge is 2.30. The lowest BCUT2D eigenvalue weighted by molar-refractivity contribution is 0.0729. The van der Waals surface area contributed by atoms with Crippen molar-refractivity contribution in [1.29, 1.82) is 0 Å². The fourth-order valence-electron chi connectivity index (χ4n) is 3.61. The summed E-state index contributed by atoms with van der Waals surface area (Å²) in [5, 5.41) is 2.77. The number of rotatable bonds is 6. The summed E-state index contributed by atoms with van der Waals surface area (Å²) in [6.07, 6.45) is 0. The molecular formula is C23H24N4O6S. The molecule has 2 N–H and O–H groups in total. The van der Waals surface area contributed by atoms with Gasteiger partial charge in [-0.15, -0.1) is 0 Å². The van der Waals surface area contributed by atoms with Crippen LogP contribution in [0.4, 0.5) is 5.69 Å². The standard InChI is InChI=1S/C23H24N4O6S/c1-15-12-21(28)26-22(24-15)16-4-3-5-18(13-16)25-23(29)17-6-7-19(32-2)20(14-17)34(30,31)27-8-10-33-11-9-27/h3-7,12-14H,8-11H2,1-2H3,(H,25,29)(H,24,26,28). The zero-order valence-electron chi connectivity index (χ0n) is 18.7. The summed E-state index contributed by atoms with van der Waals surface area (Å²) < 4.78 is 38.2. The molecule has 0 spiro atoms. The summed E-state index contributed by atoms with van der Waals surface area (Å²) in [5.74, 6) is 0.0351. The molecule has 34 heavy (non-hydrogen) atoms. The molecule has 10 nitrogen and oxygen atoms in total. The number of hydrogen-bond acceptors (Lipinski definition) is 7. The number of anilines is 1. The predicted molar refractivity (Wildman–Crippen MR) is 126 cm³/mol. The van der Waals surface area contributed by atoms with Crippen LogP contribution in [-0.4, -0.2) is 62.0 Å². The van der Waals surface area contributed by atoms with Gasteiger partial charge in [-0.3, -0.25) is 9.59 Å². The summed E-state index contributed by atoms with van der Waals surface area (Å²) >= 11 is 0. The molecule has 0 bridgehead atoms. The van der Waals surface area contributed by atoms with Crippen molar-refractivity contribution in [3.05, 3.63) is 70.1 Å². The van der Waals surface area contributed by atoms with E-state index in [1.807, 2.05) is 0 Å². The number of methoxy groups -OCH3 is 1. The number of hydrogen-bond donors (Lipinski definition) is 2. The third kappa shape index (κ3) is 5.01. The first-order valence-electron chi connectivity index (χ1n) is 10.5. The van der Waals surface area contributed by atoms with Crippen LogP contribution in [0.5, 0.6) is 5.75 Å². The first kappa shape index (κ1) is 23.6. The molecule has 1 aliphatic rings. The lowest BCUT2D eigenvalue weighted by Gasteiger charge is -2.26. The molecule has 178 valence electrons. The van der Waals surface area contributed by atoms with Gasteiger partial charge in [0.2, 0.25) is 10.0 Å². The van der Waals surface area contributed by atoms with Crippen LogP contribution in [0.2, 0.25) is 0 Å². The Balaban J connectivity index is 1.62. The van der Waals surface area contributed by atoms with Gasteiger partial charge in [-0.1, -0.05) is 12.1 Å². The molecule has 1 aromatic heterocycles. The molecule has 11 heteroatoms. The second-order valence-electron chi connectivity index (χ2n) is 7.65. The van der Waals surface area contributed by atoms with Crippen molar-refractivity contribution in [2.24, 2.45) is 0 Å². The van der Waals surface area contributed by atoms with E-state index < -0.39 is 15.9 Å². The van der Waals surface area contributed by atoms with E-state index in [-0.39, 0.29) is 34.9 Å². The summed E-state index contributed by atoms with van der Waals surface area (Å²) in [6, 6.07) is 12.5. The topological polar surface area (TPSA) is 131 Å². The summed E-state index contributed by atoms with van der Waals surface area (Å²) in [7, 11) is -2.50. The molecule has 1 amide bonds. The van der Waals surface area contributed by atoms with Crippen molar-refractivity contribution in [1.82, 2.24) is 14.3 Å². The van der Waals surface area contributed by atoms with E-state index in [0.717, 1.165) is 0 Å². The van der Waals surface area contributed by atoms with E-state index in [9.17, 15) is 18.0 Å². The molecule has 1 saturated heterocycles. The highest BCUT2D eigenvalue weighted by Crippen LogP contribution is 2.29. The Morgan fingerprint density at radius 2 is 1.91 bits per heavy atom. The van der Waals surface area contributed by atoms with Crippen molar-refractivity contribution < 1.29 is 22.7 Å². The molecular weight excluding hydrogens is 460 g/mol. The zero-order valence-corrected chi connectivity index (χ0v) is 19.5. The van der Waals surface area contributed by atoms with Gasteiger partial charge in [0.15, 0.2) is 0 Å². The number of morpholine rings is 1. The van der Waals surface area contributed by atoms with Crippen LogP contribution in [0.1, 0.15) is 16.1 Å². The summed E-state index contributed by atoms with van der Waals surface area (Å²) in [6.45, 7) is 2.78. The molecule has 4 rings (SSSR count). The van der Waals surface area contributed by atoms with Crippen molar-refractivity contribution in [3.8, 4) is 17.1 Å². The summed E-state index contributed by atoms with van der Waals surface area (Å²) in [4.78, 5) is 31.7. The lowest BCUT2D eigenvalue weighted by Crippen LogP contribution is -2.40. The number of nitrogens with zero attached hydrogens (tertiary/aromatic N) is 2. The van der Waals surface area contributed by atoms with Gasteiger partial charge >= 0.3 is 0 Å². The molecule has 0 aliphatic carbocycles. The Bertz CT molecular complexity index is 1380. The van der Waals surface area contributed by atoms with E-state index in [1.165, 1.54) is 35.7 Å². The number of ether oxygens (including phenoxy) is 2. The Morgan fingerprint density at radius 3 is 2.62 bits per heavy atom.